The summed E-state index contributed by atoms with van der Waals surface area (Å²) in [6, 6.07) is 23.0. The number of hydrogen-bond acceptors (Lipinski definition) is 4. The van der Waals surface area contributed by atoms with Gasteiger partial charge in [-0.2, -0.15) is 10.2 Å². The lowest BCUT2D eigenvalue weighted by Gasteiger charge is -2.09. The van der Waals surface area contributed by atoms with Crippen LogP contribution in [0.5, 0.6) is 5.75 Å². The molecule has 4 rings (SSSR count). The van der Waals surface area contributed by atoms with Crippen molar-refractivity contribution in [3.8, 4) is 17.0 Å². The third-order valence-electron chi connectivity index (χ3n) is 4.65. The van der Waals surface area contributed by atoms with Gasteiger partial charge in [0.2, 0.25) is 0 Å². The molecule has 0 spiro atoms. The average Bonchev–Trinajstić information content (AvgIpc) is 3.29. The number of amides is 1. The highest BCUT2D eigenvalue weighted by molar-refractivity contribution is 6.41. The number of hydrogen-bond donors (Lipinski definition) is 2. The monoisotopic (exact) mass is 430 g/mol. The van der Waals surface area contributed by atoms with Crippen LogP contribution in [-0.2, 0) is 0 Å². The molecule has 31 heavy (non-hydrogen) atoms. The van der Waals surface area contributed by atoms with Crippen molar-refractivity contribution < 1.29 is 9.53 Å². The molecule has 0 atom stereocenters. The van der Waals surface area contributed by atoms with Crippen LogP contribution in [0.25, 0.3) is 28.1 Å². The largest absolute Gasteiger partial charge is 0.496 e. The van der Waals surface area contributed by atoms with Crippen molar-refractivity contribution in [2.24, 2.45) is 5.10 Å². The summed E-state index contributed by atoms with van der Waals surface area (Å²) in [6.45, 7) is 0. The second-order valence-corrected chi connectivity index (χ2v) is 7.11. The number of aromatic amines is 1. The number of carbonyl (C=O) groups is 1. The highest BCUT2D eigenvalue weighted by Gasteiger charge is 2.16. The Balaban J connectivity index is 1.52. The van der Waals surface area contributed by atoms with Crippen molar-refractivity contribution in [1.29, 1.82) is 0 Å². The summed E-state index contributed by atoms with van der Waals surface area (Å²) in [5.41, 5.74) is 5.07. The predicted octanol–water partition coefficient (Wildman–Crippen LogP) is 5.23. The van der Waals surface area contributed by atoms with E-state index in [4.69, 9.17) is 16.3 Å². The maximum absolute atomic E-state index is 12.5. The molecule has 0 aliphatic rings. The predicted molar refractivity (Wildman–Crippen MR) is 124 cm³/mol. The number of nitrogens with one attached hydrogen (secondary N) is 2. The lowest BCUT2D eigenvalue weighted by molar-refractivity contribution is 0.0950. The van der Waals surface area contributed by atoms with Gasteiger partial charge in [-0.3, -0.25) is 9.89 Å². The van der Waals surface area contributed by atoms with Crippen LogP contribution in [0.2, 0.25) is 0 Å². The van der Waals surface area contributed by atoms with E-state index in [1.807, 2.05) is 66.7 Å². The van der Waals surface area contributed by atoms with E-state index in [0.717, 1.165) is 21.9 Å². The number of carbonyl (C=O) groups excluding carboxylic acids is 1. The molecule has 3 aromatic carbocycles. The first kappa shape index (κ1) is 20.4. The molecule has 1 amide bonds. The second-order valence-electron chi connectivity index (χ2n) is 6.67. The molecule has 0 radical (unpaired) electrons. The minimum Gasteiger partial charge on any atom is -0.496 e. The molecule has 6 nitrogen and oxygen atoms in total. The molecule has 4 aromatic rings. The molecule has 0 aliphatic heterocycles. The number of ether oxygens (including phenoxy) is 1. The van der Waals surface area contributed by atoms with Crippen molar-refractivity contribution in [3.63, 3.8) is 0 Å². The Morgan fingerprint density at radius 2 is 1.87 bits per heavy atom. The van der Waals surface area contributed by atoms with Crippen molar-refractivity contribution in [3.05, 3.63) is 89.1 Å². The quantitative estimate of drug-likeness (QED) is 0.324. The maximum Gasteiger partial charge on any atom is 0.289 e. The maximum atomic E-state index is 12.5. The Bertz CT molecular complexity index is 1280. The van der Waals surface area contributed by atoms with Crippen LogP contribution in [0.15, 0.2) is 82.9 Å². The highest BCUT2D eigenvalue weighted by Crippen LogP contribution is 2.36. The lowest BCUT2D eigenvalue weighted by Crippen LogP contribution is -2.17. The molecule has 0 saturated carbocycles. The summed E-state index contributed by atoms with van der Waals surface area (Å²) >= 11 is 6.14. The normalized spacial score (nSPS) is 11.7. The number of nitrogens with zero attached hydrogens (tertiary/aromatic N) is 2. The van der Waals surface area contributed by atoms with Gasteiger partial charge in [0.25, 0.3) is 5.91 Å². The van der Waals surface area contributed by atoms with Crippen LogP contribution in [0.3, 0.4) is 0 Å². The number of H-pyrrole nitrogens is 1. The molecular formula is C24H19ClN4O2. The van der Waals surface area contributed by atoms with E-state index in [2.05, 4.69) is 20.7 Å². The summed E-state index contributed by atoms with van der Waals surface area (Å²) in [4.78, 5) is 12.5. The van der Waals surface area contributed by atoms with Crippen LogP contribution in [0.1, 0.15) is 16.1 Å². The number of hydrazone groups is 1. The van der Waals surface area contributed by atoms with Crippen molar-refractivity contribution in [2.75, 3.05) is 7.11 Å². The zero-order valence-corrected chi connectivity index (χ0v) is 17.4. The Kier molecular flexibility index (Phi) is 6.10. The number of fused-ring (bicyclic) bond motifs is 1. The molecule has 0 aliphatic carbocycles. The zero-order valence-electron chi connectivity index (χ0n) is 16.7. The van der Waals surface area contributed by atoms with E-state index < -0.39 is 5.91 Å². The average molecular weight is 431 g/mol. The van der Waals surface area contributed by atoms with Gasteiger partial charge in [-0.25, -0.2) is 5.43 Å². The summed E-state index contributed by atoms with van der Waals surface area (Å²) in [6.07, 6.45) is 3.12. The lowest BCUT2D eigenvalue weighted by atomic mass is 10.0. The molecular weight excluding hydrogens is 412 g/mol. The molecule has 7 heteroatoms. The molecule has 2 N–H and O–H groups in total. The molecule has 154 valence electrons. The first-order valence-corrected chi connectivity index (χ1v) is 9.90. The number of methoxy groups -OCH3 is 1. The first-order valence-electron chi connectivity index (χ1n) is 9.53. The van der Waals surface area contributed by atoms with Gasteiger partial charge in [0.05, 0.1) is 29.6 Å². The van der Waals surface area contributed by atoms with Gasteiger partial charge < -0.3 is 4.74 Å². The third kappa shape index (κ3) is 4.65. The summed E-state index contributed by atoms with van der Waals surface area (Å²) in [5.74, 6) is 0.242. The minimum atomic E-state index is -0.432. The topological polar surface area (TPSA) is 79.4 Å². The van der Waals surface area contributed by atoms with E-state index in [-0.39, 0.29) is 5.69 Å². The van der Waals surface area contributed by atoms with Gasteiger partial charge >= 0.3 is 0 Å². The Morgan fingerprint density at radius 1 is 1.10 bits per heavy atom. The van der Waals surface area contributed by atoms with Gasteiger partial charge in [0, 0.05) is 0 Å². The Labute approximate surface area is 184 Å². The molecule has 0 fully saturated rings. The fraction of sp³-hybridized carbons (Fsp3) is 0.0417. The molecule has 0 unspecified atom stereocenters. The smallest absolute Gasteiger partial charge is 0.289 e. The van der Waals surface area contributed by atoms with Gasteiger partial charge in [-0.1, -0.05) is 72.3 Å². The Hall–Kier alpha value is -3.90. The van der Waals surface area contributed by atoms with Crippen LogP contribution >= 0.6 is 11.6 Å². The van der Waals surface area contributed by atoms with Gasteiger partial charge in [0.15, 0.2) is 0 Å². The van der Waals surface area contributed by atoms with Crippen molar-refractivity contribution >= 4 is 40.6 Å². The molecule has 0 bridgehead atoms. The van der Waals surface area contributed by atoms with Crippen molar-refractivity contribution in [2.45, 2.75) is 0 Å². The van der Waals surface area contributed by atoms with E-state index in [9.17, 15) is 4.79 Å². The van der Waals surface area contributed by atoms with Crippen LogP contribution in [0, 0.1) is 0 Å². The SMILES string of the molecule is COc1ccc2ccccc2c1-c1cc(C(=O)N/N=C\C(Cl)=C\c2ccccc2)[nH]n1. The second kappa shape index (κ2) is 9.28. The number of aromatic nitrogens is 2. The van der Waals surface area contributed by atoms with Crippen LogP contribution in [-0.4, -0.2) is 29.4 Å². The van der Waals surface area contributed by atoms with E-state index >= 15 is 0 Å². The standard InChI is InChI=1S/C24H19ClN4O2/c1-31-22-12-11-17-9-5-6-10-19(17)23(22)20-14-21(28-27-20)24(30)29-26-15-18(25)13-16-7-3-2-4-8-16/h2-15H,1H3,(H,27,28)(H,29,30)/b18-13-,26-15-. The summed E-state index contributed by atoms with van der Waals surface area (Å²) in [5, 5.41) is 13.4. The molecule has 1 heterocycles. The number of rotatable bonds is 6. The van der Waals surface area contributed by atoms with Gasteiger partial charge in [-0.15, -0.1) is 0 Å². The summed E-state index contributed by atoms with van der Waals surface area (Å²) in [7, 11) is 1.61. The fourth-order valence-electron chi connectivity index (χ4n) is 3.21. The van der Waals surface area contributed by atoms with E-state index in [1.54, 1.807) is 19.3 Å². The van der Waals surface area contributed by atoms with Crippen LogP contribution in [0.4, 0.5) is 0 Å². The van der Waals surface area contributed by atoms with Gasteiger partial charge in [-0.05, 0) is 34.5 Å². The summed E-state index contributed by atoms with van der Waals surface area (Å²) < 4.78 is 5.52. The van der Waals surface area contributed by atoms with E-state index in [1.165, 1.54) is 6.21 Å². The highest BCUT2D eigenvalue weighted by atomic mass is 35.5. The third-order valence-corrected chi connectivity index (χ3v) is 4.85. The number of allylic oxidation sites excluding steroid dienone is 1. The number of benzene rings is 3. The first-order chi connectivity index (χ1) is 15.2. The van der Waals surface area contributed by atoms with E-state index in [0.29, 0.717) is 16.5 Å². The minimum absolute atomic E-state index is 0.269. The zero-order chi connectivity index (χ0) is 21.6. The molecule has 1 aromatic heterocycles. The van der Waals surface area contributed by atoms with Crippen LogP contribution < -0.4 is 10.2 Å². The number of halogens is 1. The molecule has 0 saturated heterocycles. The van der Waals surface area contributed by atoms with Crippen molar-refractivity contribution in [1.82, 2.24) is 15.6 Å². The fourth-order valence-corrected chi connectivity index (χ4v) is 3.39. The van der Waals surface area contributed by atoms with Gasteiger partial charge in [0.1, 0.15) is 11.4 Å². The Morgan fingerprint density at radius 3 is 2.68 bits per heavy atom.